The Kier molecular flexibility index (Phi) is 3.77. The fraction of sp³-hybridized carbons (Fsp3) is 0.714. The summed E-state index contributed by atoms with van der Waals surface area (Å²) in [5.41, 5.74) is 1.96. The molecule has 1 N–H and O–H groups in total. The molecule has 2 heterocycles. The molecule has 0 bridgehead atoms. The third kappa shape index (κ3) is 3.11. The van der Waals surface area contributed by atoms with Gasteiger partial charge in [-0.2, -0.15) is 0 Å². The molecule has 0 aromatic carbocycles. The van der Waals surface area contributed by atoms with E-state index in [9.17, 15) is 0 Å². The topological polar surface area (TPSA) is 56.3 Å². The van der Waals surface area contributed by atoms with Crippen LogP contribution in [0.15, 0.2) is 12.4 Å². The highest BCUT2D eigenvalue weighted by Crippen LogP contribution is 2.35. The van der Waals surface area contributed by atoms with Crippen molar-refractivity contribution in [2.75, 3.05) is 13.2 Å². The van der Waals surface area contributed by atoms with Crippen molar-refractivity contribution in [1.82, 2.24) is 15.3 Å². The quantitative estimate of drug-likeness (QED) is 0.897. The van der Waals surface area contributed by atoms with E-state index in [1.165, 1.54) is 0 Å². The summed E-state index contributed by atoms with van der Waals surface area (Å²) in [4.78, 5) is 8.62. The van der Waals surface area contributed by atoms with Gasteiger partial charge in [0.15, 0.2) is 5.79 Å². The van der Waals surface area contributed by atoms with Gasteiger partial charge in [-0.1, -0.05) is 0 Å². The van der Waals surface area contributed by atoms with E-state index in [4.69, 9.17) is 9.47 Å². The van der Waals surface area contributed by atoms with Gasteiger partial charge in [0.05, 0.1) is 24.6 Å². The molecule has 3 rings (SSSR count). The second kappa shape index (κ2) is 5.53. The molecule has 104 valence electrons. The van der Waals surface area contributed by atoms with Gasteiger partial charge in [-0.15, -0.1) is 0 Å². The van der Waals surface area contributed by atoms with Gasteiger partial charge < -0.3 is 14.8 Å². The van der Waals surface area contributed by atoms with Crippen LogP contribution in [0, 0.1) is 6.92 Å². The summed E-state index contributed by atoms with van der Waals surface area (Å²) in [6.07, 6.45) is 7.83. The molecule has 5 nitrogen and oxygen atoms in total. The summed E-state index contributed by atoms with van der Waals surface area (Å²) < 4.78 is 11.5. The second-order valence-electron chi connectivity index (χ2n) is 5.41. The molecule has 0 radical (unpaired) electrons. The van der Waals surface area contributed by atoms with Crippen LogP contribution in [0.3, 0.4) is 0 Å². The highest BCUT2D eigenvalue weighted by molar-refractivity contribution is 5.00. The Labute approximate surface area is 113 Å². The van der Waals surface area contributed by atoms with Gasteiger partial charge in [0.2, 0.25) is 0 Å². The predicted octanol–water partition coefficient (Wildman–Crippen LogP) is 1.56. The summed E-state index contributed by atoms with van der Waals surface area (Å²) in [5.74, 6) is -0.262. The van der Waals surface area contributed by atoms with Gasteiger partial charge >= 0.3 is 0 Å². The Morgan fingerprint density at radius 1 is 1.21 bits per heavy atom. The molecule has 2 aliphatic rings. The maximum Gasteiger partial charge on any atom is 0.168 e. The fourth-order valence-electron chi connectivity index (χ4n) is 2.81. The van der Waals surface area contributed by atoms with Crippen molar-refractivity contribution in [1.29, 1.82) is 0 Å². The van der Waals surface area contributed by atoms with Crippen LogP contribution in [0.5, 0.6) is 0 Å². The van der Waals surface area contributed by atoms with Crippen molar-refractivity contribution >= 4 is 0 Å². The Bertz CT molecular complexity index is 405. The van der Waals surface area contributed by atoms with Gasteiger partial charge in [-0.3, -0.25) is 9.97 Å². The summed E-state index contributed by atoms with van der Waals surface area (Å²) in [7, 11) is 0. The van der Waals surface area contributed by atoms with E-state index in [0.717, 1.165) is 56.8 Å². The van der Waals surface area contributed by atoms with E-state index < -0.39 is 0 Å². The summed E-state index contributed by atoms with van der Waals surface area (Å²) in [6, 6.07) is 0.529. The first-order valence-electron chi connectivity index (χ1n) is 7.05. The van der Waals surface area contributed by atoms with Crippen LogP contribution in [-0.4, -0.2) is 35.0 Å². The molecule has 0 atom stereocenters. The van der Waals surface area contributed by atoms with Crippen LogP contribution in [-0.2, 0) is 16.0 Å². The first kappa shape index (κ1) is 13.0. The molecule has 19 heavy (non-hydrogen) atoms. The van der Waals surface area contributed by atoms with E-state index in [0.29, 0.717) is 6.04 Å². The molecule has 2 fully saturated rings. The monoisotopic (exact) mass is 263 g/mol. The lowest BCUT2D eigenvalue weighted by atomic mass is 9.90. The first-order chi connectivity index (χ1) is 9.26. The zero-order valence-electron chi connectivity index (χ0n) is 11.4. The molecule has 1 aromatic heterocycles. The zero-order valence-corrected chi connectivity index (χ0v) is 11.4. The van der Waals surface area contributed by atoms with E-state index in [-0.39, 0.29) is 5.79 Å². The van der Waals surface area contributed by atoms with Crippen molar-refractivity contribution < 1.29 is 9.47 Å². The SMILES string of the molecule is Cc1cnc(CNC2CCC3(CC2)OCCO3)cn1. The average Bonchev–Trinajstić information content (AvgIpc) is 2.89. The third-order valence-corrected chi connectivity index (χ3v) is 3.97. The highest BCUT2D eigenvalue weighted by Gasteiger charge is 2.40. The molecule has 1 aliphatic heterocycles. The van der Waals surface area contributed by atoms with Crippen LogP contribution in [0.2, 0.25) is 0 Å². The molecule has 1 saturated carbocycles. The van der Waals surface area contributed by atoms with Gasteiger partial charge in [0.25, 0.3) is 0 Å². The average molecular weight is 263 g/mol. The Morgan fingerprint density at radius 3 is 2.58 bits per heavy atom. The van der Waals surface area contributed by atoms with Crippen LogP contribution < -0.4 is 5.32 Å². The maximum absolute atomic E-state index is 5.73. The lowest BCUT2D eigenvalue weighted by molar-refractivity contribution is -0.179. The Balaban J connectivity index is 1.46. The molecular weight excluding hydrogens is 242 g/mol. The van der Waals surface area contributed by atoms with Gasteiger partial charge in [-0.05, 0) is 19.8 Å². The van der Waals surface area contributed by atoms with Crippen molar-refractivity contribution in [2.45, 2.75) is 51.0 Å². The zero-order chi connectivity index (χ0) is 13.1. The molecule has 0 unspecified atom stereocenters. The number of hydrogen-bond donors (Lipinski definition) is 1. The number of hydrogen-bond acceptors (Lipinski definition) is 5. The Morgan fingerprint density at radius 2 is 1.95 bits per heavy atom. The summed E-state index contributed by atoms with van der Waals surface area (Å²) in [6.45, 7) is 4.23. The van der Waals surface area contributed by atoms with E-state index in [2.05, 4.69) is 15.3 Å². The minimum absolute atomic E-state index is 0.262. The lowest BCUT2D eigenvalue weighted by Crippen LogP contribution is -2.41. The van der Waals surface area contributed by atoms with Crippen LogP contribution in [0.1, 0.15) is 37.1 Å². The number of nitrogens with zero attached hydrogens (tertiary/aromatic N) is 2. The predicted molar refractivity (Wildman–Crippen MR) is 70.5 cm³/mol. The molecule has 0 amide bonds. The van der Waals surface area contributed by atoms with E-state index in [1.54, 1.807) is 0 Å². The highest BCUT2D eigenvalue weighted by atomic mass is 16.7. The number of rotatable bonds is 3. The standard InChI is InChI=1S/C14H21N3O2/c1-11-8-16-13(9-15-11)10-17-12-2-4-14(5-3-12)18-6-7-19-14/h8-9,12,17H,2-7,10H2,1H3. The van der Waals surface area contributed by atoms with Crippen LogP contribution >= 0.6 is 0 Å². The van der Waals surface area contributed by atoms with Crippen LogP contribution in [0.4, 0.5) is 0 Å². The fourth-order valence-corrected chi connectivity index (χ4v) is 2.81. The van der Waals surface area contributed by atoms with Gasteiger partial charge in [-0.25, -0.2) is 0 Å². The minimum Gasteiger partial charge on any atom is -0.348 e. The van der Waals surface area contributed by atoms with Crippen molar-refractivity contribution in [2.24, 2.45) is 0 Å². The van der Waals surface area contributed by atoms with Crippen molar-refractivity contribution in [3.05, 3.63) is 23.8 Å². The first-order valence-corrected chi connectivity index (χ1v) is 7.05. The third-order valence-electron chi connectivity index (χ3n) is 3.97. The largest absolute Gasteiger partial charge is 0.348 e. The van der Waals surface area contributed by atoms with Gasteiger partial charge in [0.1, 0.15) is 0 Å². The van der Waals surface area contributed by atoms with Gasteiger partial charge in [0, 0.05) is 37.8 Å². The van der Waals surface area contributed by atoms with E-state index in [1.807, 2.05) is 19.3 Å². The van der Waals surface area contributed by atoms with Crippen LogP contribution in [0.25, 0.3) is 0 Å². The molecule has 1 saturated heterocycles. The molecule has 1 aromatic rings. The minimum atomic E-state index is -0.262. The smallest absolute Gasteiger partial charge is 0.168 e. The lowest BCUT2D eigenvalue weighted by Gasteiger charge is -2.35. The Hall–Kier alpha value is -1.04. The number of aromatic nitrogens is 2. The number of ether oxygens (including phenoxy) is 2. The second-order valence-corrected chi connectivity index (χ2v) is 5.41. The summed E-state index contributed by atoms with van der Waals surface area (Å²) in [5, 5.41) is 3.55. The molecule has 1 aliphatic carbocycles. The van der Waals surface area contributed by atoms with Crippen molar-refractivity contribution in [3.8, 4) is 0 Å². The maximum atomic E-state index is 5.73. The van der Waals surface area contributed by atoms with E-state index >= 15 is 0 Å². The molecule has 5 heteroatoms. The molecule has 1 spiro atoms. The molecular formula is C14H21N3O2. The number of aryl methyl sites for hydroxylation is 1. The number of nitrogens with one attached hydrogen (secondary N) is 1. The van der Waals surface area contributed by atoms with Crippen molar-refractivity contribution in [3.63, 3.8) is 0 Å². The normalized spacial score (nSPS) is 23.0. The summed E-state index contributed by atoms with van der Waals surface area (Å²) >= 11 is 0.